The van der Waals surface area contributed by atoms with E-state index in [1.807, 2.05) is 51.1 Å². The third kappa shape index (κ3) is 8.34. The largest absolute Gasteiger partial charge is 0.350 e. The maximum atomic E-state index is 13.0. The zero-order chi connectivity index (χ0) is 23.7. The molecular weight excluding hydrogens is 426 g/mol. The highest BCUT2D eigenvalue weighted by molar-refractivity contribution is 7.99. The van der Waals surface area contributed by atoms with Crippen LogP contribution in [0, 0.1) is 10.1 Å². The Morgan fingerprint density at radius 1 is 1.06 bits per heavy atom. The van der Waals surface area contributed by atoms with Crippen LogP contribution in [0.4, 0.5) is 5.69 Å². The van der Waals surface area contributed by atoms with Crippen molar-refractivity contribution in [1.82, 2.24) is 10.2 Å². The average molecular weight is 458 g/mol. The molecule has 0 aromatic heterocycles. The predicted octanol–water partition coefficient (Wildman–Crippen LogP) is 4.20. The first-order valence-electron chi connectivity index (χ1n) is 10.5. The number of nitro groups is 1. The van der Waals surface area contributed by atoms with E-state index in [1.54, 1.807) is 24.0 Å². The number of nitrogens with zero attached hydrogens (tertiary/aromatic N) is 2. The van der Waals surface area contributed by atoms with Crippen molar-refractivity contribution in [2.75, 3.05) is 12.3 Å². The van der Waals surface area contributed by atoms with Crippen LogP contribution in [0.15, 0.2) is 54.6 Å². The number of nitrogens with one attached hydrogen (secondary N) is 1. The molecule has 0 bridgehead atoms. The number of carbonyl (C=O) groups excluding carboxylic acids is 2. The van der Waals surface area contributed by atoms with Crippen molar-refractivity contribution in [3.05, 3.63) is 75.8 Å². The summed E-state index contributed by atoms with van der Waals surface area (Å²) in [7, 11) is 0. The molecule has 0 heterocycles. The molecule has 0 aliphatic carbocycles. The van der Waals surface area contributed by atoms with Gasteiger partial charge in [0.1, 0.15) is 6.04 Å². The fraction of sp³-hybridized carbons (Fsp3) is 0.417. The minimum Gasteiger partial charge on any atom is -0.350 e. The van der Waals surface area contributed by atoms with E-state index in [-0.39, 0.29) is 28.8 Å². The maximum Gasteiger partial charge on any atom is 0.269 e. The van der Waals surface area contributed by atoms with Crippen molar-refractivity contribution < 1.29 is 14.5 Å². The van der Waals surface area contributed by atoms with E-state index in [2.05, 4.69) is 5.32 Å². The maximum absolute atomic E-state index is 13.0. The second kappa shape index (κ2) is 11.7. The van der Waals surface area contributed by atoms with E-state index >= 15 is 0 Å². The number of nitro benzene ring substituents is 1. The third-order valence-corrected chi connectivity index (χ3v) is 5.78. The summed E-state index contributed by atoms with van der Waals surface area (Å²) >= 11 is 1.43. The van der Waals surface area contributed by atoms with Crippen LogP contribution in [0.5, 0.6) is 0 Å². The molecule has 0 radical (unpaired) electrons. The van der Waals surface area contributed by atoms with Gasteiger partial charge in [0.25, 0.3) is 5.69 Å². The number of rotatable bonds is 10. The molecule has 8 heteroatoms. The molecule has 1 atom stereocenters. The van der Waals surface area contributed by atoms with Crippen LogP contribution in [0.3, 0.4) is 0 Å². The monoisotopic (exact) mass is 457 g/mol. The lowest BCUT2D eigenvalue weighted by molar-refractivity contribution is -0.384. The number of hydrogen-bond donors (Lipinski definition) is 1. The average Bonchev–Trinajstić information content (AvgIpc) is 2.73. The number of carbonyl (C=O) groups is 2. The van der Waals surface area contributed by atoms with E-state index in [0.717, 1.165) is 11.1 Å². The van der Waals surface area contributed by atoms with Crippen LogP contribution in [0.2, 0.25) is 0 Å². The standard InChI is InChI=1S/C24H31N3O4S/c1-18(23(29)25-24(2,3)4)26(15-14-19-8-6-5-7-9-19)22(28)17-32-16-20-10-12-21(13-11-20)27(30)31/h5-13,18H,14-17H2,1-4H3,(H,25,29)/t18-/m0/s1. The normalized spacial score (nSPS) is 12.1. The highest BCUT2D eigenvalue weighted by atomic mass is 32.2. The van der Waals surface area contributed by atoms with Crippen molar-refractivity contribution in [3.8, 4) is 0 Å². The molecule has 0 fully saturated rings. The molecule has 0 aliphatic rings. The van der Waals surface area contributed by atoms with Gasteiger partial charge >= 0.3 is 0 Å². The van der Waals surface area contributed by atoms with Gasteiger partial charge in [0, 0.05) is 30.0 Å². The molecule has 2 aromatic rings. The number of non-ortho nitro benzene ring substituents is 1. The molecule has 1 N–H and O–H groups in total. The highest BCUT2D eigenvalue weighted by Crippen LogP contribution is 2.18. The topological polar surface area (TPSA) is 92.6 Å². The molecule has 7 nitrogen and oxygen atoms in total. The van der Waals surface area contributed by atoms with Gasteiger partial charge in [-0.15, -0.1) is 11.8 Å². The molecule has 2 aromatic carbocycles. The van der Waals surface area contributed by atoms with Gasteiger partial charge in [0.2, 0.25) is 11.8 Å². The van der Waals surface area contributed by atoms with Crippen molar-refractivity contribution in [2.45, 2.75) is 51.4 Å². The van der Waals surface area contributed by atoms with Gasteiger partial charge in [0.15, 0.2) is 0 Å². The van der Waals surface area contributed by atoms with Crippen molar-refractivity contribution in [3.63, 3.8) is 0 Å². The number of amides is 2. The molecular formula is C24H31N3O4S. The molecule has 0 aliphatic heterocycles. The van der Waals surface area contributed by atoms with Gasteiger partial charge in [-0.2, -0.15) is 0 Å². The first-order chi connectivity index (χ1) is 15.1. The summed E-state index contributed by atoms with van der Waals surface area (Å²) in [6.07, 6.45) is 0.659. The van der Waals surface area contributed by atoms with Gasteiger partial charge in [-0.3, -0.25) is 19.7 Å². The minimum atomic E-state index is -0.592. The Kier molecular flexibility index (Phi) is 9.26. The molecule has 0 saturated carbocycles. The van der Waals surface area contributed by atoms with Crippen molar-refractivity contribution in [1.29, 1.82) is 0 Å². The molecule has 2 amide bonds. The Morgan fingerprint density at radius 2 is 1.69 bits per heavy atom. The second-order valence-electron chi connectivity index (χ2n) is 8.65. The third-order valence-electron chi connectivity index (χ3n) is 4.79. The number of hydrogen-bond acceptors (Lipinski definition) is 5. The van der Waals surface area contributed by atoms with Crippen LogP contribution in [-0.2, 0) is 21.8 Å². The van der Waals surface area contributed by atoms with Crippen LogP contribution >= 0.6 is 11.8 Å². The zero-order valence-corrected chi connectivity index (χ0v) is 19.9. The SMILES string of the molecule is C[C@@H](C(=O)NC(C)(C)C)N(CCc1ccccc1)C(=O)CSCc1ccc([N+](=O)[O-])cc1. The quantitative estimate of drug-likeness (QED) is 0.426. The Hall–Kier alpha value is -2.87. The first-order valence-corrected chi connectivity index (χ1v) is 11.7. The van der Waals surface area contributed by atoms with Crippen molar-refractivity contribution >= 4 is 29.3 Å². The molecule has 0 saturated heterocycles. The van der Waals surface area contributed by atoms with Gasteiger partial charge in [0.05, 0.1) is 10.7 Å². The lowest BCUT2D eigenvalue weighted by Crippen LogP contribution is -2.53. The molecule has 0 spiro atoms. The fourth-order valence-corrected chi connectivity index (χ4v) is 3.97. The van der Waals surface area contributed by atoms with Gasteiger partial charge in [-0.1, -0.05) is 42.5 Å². The summed E-state index contributed by atoms with van der Waals surface area (Å²) in [5.74, 6) is 0.487. The summed E-state index contributed by atoms with van der Waals surface area (Å²) in [5.41, 5.74) is 1.67. The van der Waals surface area contributed by atoms with E-state index in [4.69, 9.17) is 0 Å². The van der Waals surface area contributed by atoms with Crippen molar-refractivity contribution in [2.24, 2.45) is 0 Å². The Balaban J connectivity index is 2.01. The highest BCUT2D eigenvalue weighted by Gasteiger charge is 2.27. The smallest absolute Gasteiger partial charge is 0.269 e. The van der Waals surface area contributed by atoms with Crippen LogP contribution < -0.4 is 5.32 Å². The Labute approximate surface area is 193 Å². The van der Waals surface area contributed by atoms with E-state index in [1.165, 1.54) is 23.9 Å². The van der Waals surface area contributed by atoms with Gasteiger partial charge in [-0.25, -0.2) is 0 Å². The summed E-state index contributed by atoms with van der Waals surface area (Å²) in [6.45, 7) is 7.93. The Bertz CT molecular complexity index is 911. The summed E-state index contributed by atoms with van der Waals surface area (Å²) in [5, 5.41) is 13.7. The Morgan fingerprint density at radius 3 is 2.25 bits per heavy atom. The zero-order valence-electron chi connectivity index (χ0n) is 19.0. The summed E-state index contributed by atoms with van der Waals surface area (Å²) in [4.78, 5) is 37.8. The lowest BCUT2D eigenvalue weighted by atomic mass is 10.1. The second-order valence-corrected chi connectivity index (χ2v) is 9.64. The molecule has 2 rings (SSSR count). The summed E-state index contributed by atoms with van der Waals surface area (Å²) in [6, 6.07) is 15.6. The minimum absolute atomic E-state index is 0.0422. The number of thioether (sulfide) groups is 1. The molecule has 172 valence electrons. The molecule has 0 unspecified atom stereocenters. The van der Waals surface area contributed by atoms with Crippen LogP contribution in [-0.4, -0.2) is 45.5 Å². The van der Waals surface area contributed by atoms with E-state index in [0.29, 0.717) is 18.7 Å². The van der Waals surface area contributed by atoms with E-state index in [9.17, 15) is 19.7 Å². The number of benzene rings is 2. The lowest BCUT2D eigenvalue weighted by Gasteiger charge is -2.31. The molecule has 32 heavy (non-hydrogen) atoms. The fourth-order valence-electron chi connectivity index (χ4n) is 3.10. The predicted molar refractivity (Wildman–Crippen MR) is 128 cm³/mol. The van der Waals surface area contributed by atoms with Crippen LogP contribution in [0.1, 0.15) is 38.8 Å². The first kappa shape index (κ1) is 25.4. The van der Waals surface area contributed by atoms with Crippen LogP contribution in [0.25, 0.3) is 0 Å². The summed E-state index contributed by atoms with van der Waals surface area (Å²) < 4.78 is 0. The van der Waals surface area contributed by atoms with E-state index < -0.39 is 11.0 Å². The van der Waals surface area contributed by atoms with Gasteiger partial charge < -0.3 is 10.2 Å². The van der Waals surface area contributed by atoms with Gasteiger partial charge in [-0.05, 0) is 45.2 Å².